The molecule has 1 amide bonds. The molecule has 0 unspecified atom stereocenters. The molecule has 2 rings (SSSR count). The van der Waals surface area contributed by atoms with Crippen LogP contribution in [0.2, 0.25) is 0 Å². The molecule has 0 aliphatic heterocycles. The number of hydrogen-bond donors (Lipinski definition) is 2. The first-order valence-electron chi connectivity index (χ1n) is 5.44. The average Bonchev–Trinajstić information content (AvgIpc) is 2.78. The number of nitrogens with zero attached hydrogens (tertiary/aromatic N) is 1. The smallest absolute Gasteiger partial charge is 0.275 e. The molecule has 19 heavy (non-hydrogen) atoms. The molecule has 0 aliphatic rings. The fourth-order valence-corrected chi connectivity index (χ4v) is 1.79. The highest BCUT2D eigenvalue weighted by molar-refractivity contribution is 9.10. The van der Waals surface area contributed by atoms with Crippen molar-refractivity contribution < 1.29 is 14.3 Å². The number of amides is 1. The number of phenols is 1. The van der Waals surface area contributed by atoms with E-state index < -0.39 is 5.91 Å². The van der Waals surface area contributed by atoms with E-state index in [1.165, 1.54) is 18.3 Å². The molecule has 0 fully saturated rings. The summed E-state index contributed by atoms with van der Waals surface area (Å²) in [7, 11) is 0. The van der Waals surface area contributed by atoms with E-state index in [1.807, 2.05) is 6.92 Å². The Kier molecular flexibility index (Phi) is 4.01. The van der Waals surface area contributed by atoms with Gasteiger partial charge in [0, 0.05) is 4.47 Å². The van der Waals surface area contributed by atoms with Gasteiger partial charge in [-0.15, -0.1) is 0 Å². The molecule has 0 saturated carbocycles. The van der Waals surface area contributed by atoms with Gasteiger partial charge in [0.15, 0.2) is 0 Å². The van der Waals surface area contributed by atoms with Crippen LogP contribution in [-0.2, 0) is 0 Å². The monoisotopic (exact) mass is 322 g/mol. The Morgan fingerprint density at radius 1 is 1.42 bits per heavy atom. The molecule has 0 radical (unpaired) electrons. The summed E-state index contributed by atoms with van der Waals surface area (Å²) in [6.07, 6.45) is 1.39. The number of halogens is 1. The van der Waals surface area contributed by atoms with Crippen LogP contribution in [0, 0.1) is 6.92 Å². The number of hydrogen-bond acceptors (Lipinski definition) is 4. The van der Waals surface area contributed by atoms with E-state index in [-0.39, 0.29) is 11.3 Å². The molecule has 0 atom stereocenters. The number of carbonyl (C=O) groups excluding carboxylic acids is 1. The lowest BCUT2D eigenvalue weighted by atomic mass is 10.2. The summed E-state index contributed by atoms with van der Waals surface area (Å²) in [5.74, 6) is 0.691. The van der Waals surface area contributed by atoms with Gasteiger partial charge in [-0.2, -0.15) is 5.10 Å². The fraction of sp³-hybridized carbons (Fsp3) is 0.0769. The number of furan rings is 1. The van der Waals surface area contributed by atoms with E-state index in [0.717, 1.165) is 5.76 Å². The Morgan fingerprint density at radius 2 is 2.21 bits per heavy atom. The standard InChI is InChI=1S/C13H11BrN2O3/c1-8-2-4-10(19-8)7-15-16-13(18)11-6-9(14)3-5-12(11)17/h2-7,17H,1H3,(H,16,18)/b15-7-. The second-order valence-corrected chi connectivity index (χ2v) is 4.72. The predicted octanol–water partition coefficient (Wildman–Crippen LogP) is 2.82. The molecule has 1 heterocycles. The Balaban J connectivity index is 2.05. The van der Waals surface area contributed by atoms with Gasteiger partial charge in [0.05, 0.1) is 11.8 Å². The quantitative estimate of drug-likeness (QED) is 0.674. The highest BCUT2D eigenvalue weighted by Crippen LogP contribution is 2.21. The fourth-order valence-electron chi connectivity index (χ4n) is 1.43. The van der Waals surface area contributed by atoms with Crippen LogP contribution < -0.4 is 5.43 Å². The Morgan fingerprint density at radius 3 is 2.89 bits per heavy atom. The van der Waals surface area contributed by atoms with Crippen LogP contribution in [0.25, 0.3) is 0 Å². The van der Waals surface area contributed by atoms with Crippen molar-refractivity contribution in [3.63, 3.8) is 0 Å². The molecule has 0 aliphatic carbocycles. The third-order valence-electron chi connectivity index (χ3n) is 2.32. The summed E-state index contributed by atoms with van der Waals surface area (Å²) in [5, 5.41) is 13.3. The number of benzene rings is 1. The van der Waals surface area contributed by atoms with Crippen LogP contribution in [0.1, 0.15) is 21.9 Å². The molecule has 2 aromatic rings. The Labute approximate surface area is 118 Å². The molecule has 6 heteroatoms. The minimum atomic E-state index is -0.502. The average molecular weight is 323 g/mol. The molecular formula is C13H11BrN2O3. The summed E-state index contributed by atoms with van der Waals surface area (Å²) in [4.78, 5) is 11.8. The van der Waals surface area contributed by atoms with Crippen molar-refractivity contribution in [2.24, 2.45) is 5.10 Å². The van der Waals surface area contributed by atoms with Gasteiger partial charge in [0.2, 0.25) is 0 Å². The van der Waals surface area contributed by atoms with Gasteiger partial charge in [0.1, 0.15) is 17.3 Å². The number of hydrazone groups is 1. The highest BCUT2D eigenvalue weighted by Gasteiger charge is 2.10. The molecule has 5 nitrogen and oxygen atoms in total. The number of phenolic OH excluding ortho intramolecular Hbond substituents is 1. The zero-order chi connectivity index (χ0) is 13.8. The third-order valence-corrected chi connectivity index (χ3v) is 2.82. The number of nitrogens with one attached hydrogen (secondary N) is 1. The van der Waals surface area contributed by atoms with Crippen LogP contribution in [-0.4, -0.2) is 17.2 Å². The number of aromatic hydroxyl groups is 1. The maximum atomic E-state index is 11.8. The molecule has 1 aromatic carbocycles. The maximum Gasteiger partial charge on any atom is 0.275 e. The van der Waals surface area contributed by atoms with E-state index in [0.29, 0.717) is 10.2 Å². The normalized spacial score (nSPS) is 10.8. The zero-order valence-electron chi connectivity index (χ0n) is 10.1. The lowest BCUT2D eigenvalue weighted by molar-refractivity contribution is 0.0952. The Hall–Kier alpha value is -2.08. The minimum absolute atomic E-state index is 0.107. The van der Waals surface area contributed by atoms with E-state index in [1.54, 1.807) is 18.2 Å². The molecule has 98 valence electrons. The maximum absolute atomic E-state index is 11.8. The van der Waals surface area contributed by atoms with Crippen LogP contribution in [0.15, 0.2) is 44.3 Å². The minimum Gasteiger partial charge on any atom is -0.507 e. The first-order chi connectivity index (χ1) is 9.06. The molecule has 0 spiro atoms. The van der Waals surface area contributed by atoms with Crippen molar-refractivity contribution in [2.75, 3.05) is 0 Å². The van der Waals surface area contributed by atoms with E-state index in [4.69, 9.17) is 4.42 Å². The van der Waals surface area contributed by atoms with Gasteiger partial charge in [-0.25, -0.2) is 5.43 Å². The summed E-state index contributed by atoms with van der Waals surface area (Å²) in [5.41, 5.74) is 2.46. The summed E-state index contributed by atoms with van der Waals surface area (Å²) in [6, 6.07) is 8.11. The van der Waals surface area contributed by atoms with Gasteiger partial charge >= 0.3 is 0 Å². The molecule has 1 aromatic heterocycles. The number of aryl methyl sites for hydroxylation is 1. The van der Waals surface area contributed by atoms with Crippen LogP contribution in [0.5, 0.6) is 5.75 Å². The van der Waals surface area contributed by atoms with Crippen molar-refractivity contribution in [3.8, 4) is 5.75 Å². The third kappa shape index (κ3) is 3.45. The van der Waals surface area contributed by atoms with Crippen LogP contribution >= 0.6 is 15.9 Å². The van der Waals surface area contributed by atoms with Crippen LogP contribution in [0.4, 0.5) is 0 Å². The van der Waals surface area contributed by atoms with Crippen molar-refractivity contribution in [2.45, 2.75) is 6.92 Å². The summed E-state index contributed by atoms with van der Waals surface area (Å²) >= 11 is 3.23. The molecule has 0 saturated heterocycles. The largest absolute Gasteiger partial charge is 0.507 e. The van der Waals surface area contributed by atoms with Crippen molar-refractivity contribution in [1.29, 1.82) is 0 Å². The lowest BCUT2D eigenvalue weighted by Gasteiger charge is -2.03. The second kappa shape index (κ2) is 5.71. The van der Waals surface area contributed by atoms with Gasteiger partial charge in [-0.1, -0.05) is 15.9 Å². The summed E-state index contributed by atoms with van der Waals surface area (Å²) < 4.78 is 5.95. The van der Waals surface area contributed by atoms with Crippen molar-refractivity contribution >= 4 is 28.1 Å². The van der Waals surface area contributed by atoms with Crippen molar-refractivity contribution in [3.05, 3.63) is 51.9 Å². The van der Waals surface area contributed by atoms with Gasteiger partial charge in [0.25, 0.3) is 5.91 Å². The summed E-state index contributed by atoms with van der Waals surface area (Å²) in [6.45, 7) is 1.81. The molecule has 0 bridgehead atoms. The first-order valence-corrected chi connectivity index (χ1v) is 6.24. The van der Waals surface area contributed by atoms with E-state index >= 15 is 0 Å². The van der Waals surface area contributed by atoms with Gasteiger partial charge < -0.3 is 9.52 Å². The number of rotatable bonds is 3. The first kappa shape index (κ1) is 13.4. The number of carbonyl (C=O) groups is 1. The second-order valence-electron chi connectivity index (χ2n) is 3.81. The van der Waals surface area contributed by atoms with Crippen LogP contribution in [0.3, 0.4) is 0 Å². The van der Waals surface area contributed by atoms with Gasteiger partial charge in [-0.05, 0) is 37.3 Å². The van der Waals surface area contributed by atoms with Crippen molar-refractivity contribution in [1.82, 2.24) is 5.43 Å². The Bertz CT molecular complexity index is 635. The van der Waals surface area contributed by atoms with E-state index in [2.05, 4.69) is 26.5 Å². The predicted molar refractivity (Wildman–Crippen MR) is 74.3 cm³/mol. The van der Waals surface area contributed by atoms with Gasteiger partial charge in [-0.3, -0.25) is 4.79 Å². The SMILES string of the molecule is Cc1ccc(/C=N\NC(=O)c2cc(Br)ccc2O)o1. The van der Waals surface area contributed by atoms with E-state index in [9.17, 15) is 9.90 Å². The lowest BCUT2D eigenvalue weighted by Crippen LogP contribution is -2.17. The highest BCUT2D eigenvalue weighted by atomic mass is 79.9. The molecular weight excluding hydrogens is 312 g/mol. The zero-order valence-corrected chi connectivity index (χ0v) is 11.6. The molecule has 2 N–H and O–H groups in total. The topological polar surface area (TPSA) is 74.8 Å².